The first-order chi connectivity index (χ1) is 11.5. The van der Waals surface area contributed by atoms with Crippen LogP contribution in [0.15, 0.2) is 34.9 Å². The molecule has 0 aliphatic heterocycles. The summed E-state index contributed by atoms with van der Waals surface area (Å²) in [4.78, 5) is 14.1. The van der Waals surface area contributed by atoms with Crippen LogP contribution in [0.5, 0.6) is 5.75 Å². The molecule has 0 bridgehead atoms. The maximum Gasteiger partial charge on any atom is 0.292 e. The molecule has 2 unspecified atom stereocenters. The summed E-state index contributed by atoms with van der Waals surface area (Å²) in [5, 5.41) is 13.7. The molecule has 0 spiro atoms. The number of benzene rings is 1. The summed E-state index contributed by atoms with van der Waals surface area (Å²) in [5.41, 5.74) is 1.58. The molecule has 0 aliphatic carbocycles. The second kappa shape index (κ2) is 7.97. The van der Waals surface area contributed by atoms with Crippen LogP contribution in [0.3, 0.4) is 0 Å². The van der Waals surface area contributed by atoms with E-state index in [0.717, 1.165) is 23.4 Å². The fraction of sp³-hybridized carbons (Fsp3) is 0.444. The average Bonchev–Trinajstić information content (AvgIpc) is 3.11. The third-order valence-corrected chi connectivity index (χ3v) is 4.32. The van der Waals surface area contributed by atoms with Crippen LogP contribution < -0.4 is 4.74 Å². The third-order valence-electron chi connectivity index (χ3n) is 4.32. The molecule has 0 saturated heterocycles. The Morgan fingerprint density at radius 3 is 2.58 bits per heavy atom. The summed E-state index contributed by atoms with van der Waals surface area (Å²) in [5.74, 6) is 0.820. The van der Waals surface area contributed by atoms with Gasteiger partial charge in [0.1, 0.15) is 5.75 Å². The summed E-state index contributed by atoms with van der Waals surface area (Å²) in [7, 11) is 3.23. The maximum atomic E-state index is 12.6. The SMILES string of the molecule is CCC(C)c1cc(C(=O)N(C)C(CO)c2ccc(OC)cc2)on1. The van der Waals surface area contributed by atoms with E-state index in [-0.39, 0.29) is 24.2 Å². The Bertz CT molecular complexity index is 666. The van der Waals surface area contributed by atoms with Gasteiger partial charge in [0.15, 0.2) is 0 Å². The lowest BCUT2D eigenvalue weighted by atomic mass is 10.0. The van der Waals surface area contributed by atoms with E-state index < -0.39 is 6.04 Å². The van der Waals surface area contributed by atoms with Gasteiger partial charge < -0.3 is 19.3 Å². The smallest absolute Gasteiger partial charge is 0.292 e. The molecule has 0 saturated carbocycles. The molecule has 24 heavy (non-hydrogen) atoms. The highest BCUT2D eigenvalue weighted by atomic mass is 16.5. The van der Waals surface area contributed by atoms with Gasteiger partial charge in [-0.15, -0.1) is 0 Å². The van der Waals surface area contributed by atoms with E-state index in [0.29, 0.717) is 0 Å². The van der Waals surface area contributed by atoms with Gasteiger partial charge in [0.05, 0.1) is 25.5 Å². The van der Waals surface area contributed by atoms with E-state index >= 15 is 0 Å². The molecule has 1 N–H and O–H groups in total. The van der Waals surface area contributed by atoms with Crippen LogP contribution in [0.25, 0.3) is 0 Å². The zero-order valence-electron chi connectivity index (χ0n) is 14.5. The molecule has 6 nitrogen and oxygen atoms in total. The van der Waals surface area contributed by atoms with Gasteiger partial charge in [-0.3, -0.25) is 4.79 Å². The van der Waals surface area contributed by atoms with Gasteiger partial charge in [-0.05, 0) is 24.1 Å². The highest BCUT2D eigenvalue weighted by Gasteiger charge is 2.25. The van der Waals surface area contributed by atoms with Crippen LogP contribution in [-0.2, 0) is 0 Å². The number of ether oxygens (including phenoxy) is 1. The molecular weight excluding hydrogens is 308 g/mol. The lowest BCUT2D eigenvalue weighted by Crippen LogP contribution is -2.33. The van der Waals surface area contributed by atoms with Crippen molar-refractivity contribution >= 4 is 5.91 Å². The second-order valence-electron chi connectivity index (χ2n) is 5.81. The van der Waals surface area contributed by atoms with Crippen molar-refractivity contribution in [1.29, 1.82) is 0 Å². The predicted molar refractivity (Wildman–Crippen MR) is 90.1 cm³/mol. The number of rotatable bonds is 7. The zero-order chi connectivity index (χ0) is 17.7. The number of aromatic nitrogens is 1. The van der Waals surface area contributed by atoms with Crippen molar-refractivity contribution in [2.24, 2.45) is 0 Å². The highest BCUT2D eigenvalue weighted by Crippen LogP contribution is 2.24. The predicted octanol–water partition coefficient (Wildman–Crippen LogP) is 3.00. The number of carbonyl (C=O) groups is 1. The lowest BCUT2D eigenvalue weighted by molar-refractivity contribution is 0.0617. The Hall–Kier alpha value is -2.34. The van der Waals surface area contributed by atoms with E-state index in [1.165, 1.54) is 4.90 Å². The van der Waals surface area contributed by atoms with Crippen molar-refractivity contribution in [3.8, 4) is 5.75 Å². The van der Waals surface area contributed by atoms with Gasteiger partial charge in [0.2, 0.25) is 5.76 Å². The van der Waals surface area contributed by atoms with E-state index in [1.807, 2.05) is 19.1 Å². The van der Waals surface area contributed by atoms with Crippen LogP contribution in [0.4, 0.5) is 0 Å². The maximum absolute atomic E-state index is 12.6. The van der Waals surface area contributed by atoms with Crippen LogP contribution in [0.2, 0.25) is 0 Å². The first kappa shape index (κ1) is 18.0. The molecule has 6 heteroatoms. The quantitative estimate of drug-likeness (QED) is 0.843. The summed E-state index contributed by atoms with van der Waals surface area (Å²) in [6.45, 7) is 3.89. The number of nitrogens with zero attached hydrogens (tertiary/aromatic N) is 2. The van der Waals surface area contributed by atoms with Crippen LogP contribution in [0, 0.1) is 0 Å². The van der Waals surface area contributed by atoms with E-state index in [1.54, 1.807) is 32.4 Å². The van der Waals surface area contributed by atoms with Crippen molar-refractivity contribution < 1.29 is 19.2 Å². The summed E-state index contributed by atoms with van der Waals surface area (Å²) < 4.78 is 10.3. The molecule has 1 aromatic carbocycles. The molecule has 130 valence electrons. The second-order valence-corrected chi connectivity index (χ2v) is 5.81. The number of aliphatic hydroxyl groups is 1. The highest BCUT2D eigenvalue weighted by molar-refractivity contribution is 5.91. The standard InChI is InChI=1S/C18H24N2O4/c1-5-12(2)15-10-17(24-19-15)18(22)20(3)16(11-21)13-6-8-14(23-4)9-7-13/h6-10,12,16,21H,5,11H2,1-4H3. The monoisotopic (exact) mass is 332 g/mol. The molecule has 1 amide bonds. The van der Waals surface area contributed by atoms with Crippen molar-refractivity contribution in [2.45, 2.75) is 32.2 Å². The van der Waals surface area contributed by atoms with E-state index in [9.17, 15) is 9.90 Å². The van der Waals surface area contributed by atoms with Crippen molar-refractivity contribution in [2.75, 3.05) is 20.8 Å². The number of hydrogen-bond acceptors (Lipinski definition) is 5. The molecule has 0 fully saturated rings. The molecule has 0 radical (unpaired) electrons. The number of carbonyl (C=O) groups excluding carboxylic acids is 1. The lowest BCUT2D eigenvalue weighted by Gasteiger charge is -2.26. The van der Waals surface area contributed by atoms with Crippen molar-refractivity contribution in [1.82, 2.24) is 10.1 Å². The number of methoxy groups -OCH3 is 1. The largest absolute Gasteiger partial charge is 0.497 e. The Morgan fingerprint density at radius 1 is 1.38 bits per heavy atom. The normalized spacial score (nSPS) is 13.4. The molecule has 1 aromatic heterocycles. The Kier molecular flexibility index (Phi) is 5.98. The van der Waals surface area contributed by atoms with Gasteiger partial charge in [-0.25, -0.2) is 0 Å². The topological polar surface area (TPSA) is 75.8 Å². The molecular formula is C18H24N2O4. The number of likely N-dealkylation sites (N-methyl/N-ethyl adjacent to an activating group) is 1. The molecule has 2 atom stereocenters. The Labute approximate surface area is 142 Å². The van der Waals surface area contributed by atoms with Crippen molar-refractivity contribution in [3.63, 3.8) is 0 Å². The fourth-order valence-electron chi connectivity index (χ4n) is 2.42. The zero-order valence-corrected chi connectivity index (χ0v) is 14.5. The Morgan fingerprint density at radius 2 is 2.04 bits per heavy atom. The van der Waals surface area contributed by atoms with Gasteiger partial charge in [-0.2, -0.15) is 0 Å². The number of amides is 1. The minimum Gasteiger partial charge on any atom is -0.497 e. The first-order valence-corrected chi connectivity index (χ1v) is 8.00. The van der Waals surface area contributed by atoms with Crippen LogP contribution in [-0.4, -0.2) is 41.8 Å². The molecule has 2 rings (SSSR count). The molecule has 2 aromatic rings. The summed E-state index contributed by atoms with van der Waals surface area (Å²) in [6.07, 6.45) is 0.918. The molecule has 0 aliphatic rings. The van der Waals surface area contributed by atoms with Gasteiger partial charge in [0.25, 0.3) is 5.91 Å². The van der Waals surface area contributed by atoms with Crippen LogP contribution >= 0.6 is 0 Å². The average molecular weight is 332 g/mol. The van der Waals surface area contributed by atoms with Gasteiger partial charge in [-0.1, -0.05) is 31.1 Å². The van der Waals surface area contributed by atoms with E-state index in [2.05, 4.69) is 12.1 Å². The number of hydrogen-bond donors (Lipinski definition) is 1. The minimum absolute atomic E-state index is 0.180. The minimum atomic E-state index is -0.472. The van der Waals surface area contributed by atoms with E-state index in [4.69, 9.17) is 9.26 Å². The summed E-state index contributed by atoms with van der Waals surface area (Å²) >= 11 is 0. The van der Waals surface area contributed by atoms with Crippen molar-refractivity contribution in [3.05, 3.63) is 47.3 Å². The molecule has 1 heterocycles. The van der Waals surface area contributed by atoms with Gasteiger partial charge in [0, 0.05) is 19.0 Å². The summed E-state index contributed by atoms with van der Waals surface area (Å²) in [6, 6.07) is 8.45. The Balaban J connectivity index is 2.18. The number of aliphatic hydroxyl groups excluding tert-OH is 1. The fourth-order valence-corrected chi connectivity index (χ4v) is 2.42. The third kappa shape index (κ3) is 3.76. The van der Waals surface area contributed by atoms with Crippen LogP contribution in [0.1, 0.15) is 54.0 Å². The first-order valence-electron chi connectivity index (χ1n) is 8.00. The van der Waals surface area contributed by atoms with Gasteiger partial charge >= 0.3 is 0 Å².